The molecule has 5 aromatic rings. The summed E-state index contributed by atoms with van der Waals surface area (Å²) < 4.78 is 42.1. The first-order valence-electron chi connectivity index (χ1n) is 11.0. The Balaban J connectivity index is 1.50. The number of aromatic nitrogens is 5. The van der Waals surface area contributed by atoms with Gasteiger partial charge in [-0.3, -0.25) is 13.8 Å². The van der Waals surface area contributed by atoms with Crippen LogP contribution in [0.25, 0.3) is 39.1 Å². The Kier molecular flexibility index (Phi) is 5.10. The van der Waals surface area contributed by atoms with Gasteiger partial charge in [-0.05, 0) is 54.3 Å². The molecule has 8 nitrogen and oxygen atoms in total. The average molecular weight is 489 g/mol. The number of pyridine rings is 1. The van der Waals surface area contributed by atoms with E-state index >= 15 is 0 Å². The third kappa shape index (κ3) is 3.95. The average Bonchev–Trinajstić information content (AvgIpc) is 3.29. The fourth-order valence-electron chi connectivity index (χ4n) is 4.38. The summed E-state index contributed by atoms with van der Waals surface area (Å²) in [5, 5.41) is 4.24. The third-order valence-corrected chi connectivity index (χ3v) is 6.92. The molecule has 1 aliphatic rings. The Labute approximate surface area is 202 Å². The SMILES string of the molecule is Cn1cc(-c2ccc3c(c2)ncn3-c2cc(-c3ccccc3F)cc(C3(NS(=O)O)CC3)n2)cn1. The maximum atomic E-state index is 14.7. The van der Waals surface area contributed by atoms with E-state index in [1.54, 1.807) is 41.5 Å². The highest BCUT2D eigenvalue weighted by Gasteiger charge is 2.47. The molecule has 1 atom stereocenters. The van der Waals surface area contributed by atoms with Gasteiger partial charge in [0.25, 0.3) is 0 Å². The van der Waals surface area contributed by atoms with Gasteiger partial charge in [0, 0.05) is 24.4 Å². The lowest BCUT2D eigenvalue weighted by Crippen LogP contribution is -2.31. The molecule has 0 spiro atoms. The quantitative estimate of drug-likeness (QED) is 0.347. The molecule has 0 saturated heterocycles. The smallest absolute Gasteiger partial charge is 0.232 e. The van der Waals surface area contributed by atoms with Crippen molar-refractivity contribution in [3.8, 4) is 28.1 Å². The van der Waals surface area contributed by atoms with Crippen LogP contribution in [0.3, 0.4) is 0 Å². The second-order valence-electron chi connectivity index (χ2n) is 8.73. The first kappa shape index (κ1) is 21.8. The highest BCUT2D eigenvalue weighted by Crippen LogP contribution is 2.46. The van der Waals surface area contributed by atoms with Gasteiger partial charge in [-0.1, -0.05) is 24.3 Å². The van der Waals surface area contributed by atoms with Gasteiger partial charge in [-0.25, -0.2) is 23.3 Å². The van der Waals surface area contributed by atoms with Crippen molar-refractivity contribution in [1.29, 1.82) is 0 Å². The standard InChI is InChI=1S/C25H21FN6O2S/c1-31-14-18(13-28-31)16-6-7-22-21(10-16)27-15-32(22)24-12-17(19-4-2-3-5-20(19)26)11-23(29-24)25(8-9-25)30-35(33)34/h2-7,10-15,30H,8-9H2,1H3,(H,33,34). The maximum Gasteiger partial charge on any atom is 0.232 e. The van der Waals surface area contributed by atoms with Crippen molar-refractivity contribution in [2.45, 2.75) is 18.4 Å². The molecule has 0 bridgehead atoms. The summed E-state index contributed by atoms with van der Waals surface area (Å²) in [6.07, 6.45) is 6.75. The summed E-state index contributed by atoms with van der Waals surface area (Å²) in [6.45, 7) is 0. The van der Waals surface area contributed by atoms with Crippen LogP contribution in [0.4, 0.5) is 4.39 Å². The monoisotopic (exact) mass is 488 g/mol. The van der Waals surface area contributed by atoms with E-state index < -0.39 is 16.8 Å². The summed E-state index contributed by atoms with van der Waals surface area (Å²) >= 11 is -2.20. The van der Waals surface area contributed by atoms with Crippen molar-refractivity contribution in [3.63, 3.8) is 0 Å². The lowest BCUT2D eigenvalue weighted by Gasteiger charge is -2.17. The second-order valence-corrected chi connectivity index (χ2v) is 9.44. The number of rotatable bonds is 6. The van der Waals surface area contributed by atoms with E-state index in [0.717, 1.165) is 22.2 Å². The largest absolute Gasteiger partial charge is 0.294 e. The highest BCUT2D eigenvalue weighted by molar-refractivity contribution is 7.77. The fraction of sp³-hybridized carbons (Fsp3) is 0.160. The molecule has 3 heterocycles. The third-order valence-electron chi connectivity index (χ3n) is 6.35. The molecule has 35 heavy (non-hydrogen) atoms. The topological polar surface area (TPSA) is 97.9 Å². The maximum absolute atomic E-state index is 14.7. The highest BCUT2D eigenvalue weighted by atomic mass is 32.2. The van der Waals surface area contributed by atoms with Crippen LogP contribution in [0, 0.1) is 5.82 Å². The van der Waals surface area contributed by atoms with Crippen molar-refractivity contribution in [2.75, 3.05) is 0 Å². The Hall–Kier alpha value is -3.73. The van der Waals surface area contributed by atoms with Crippen molar-refractivity contribution in [2.24, 2.45) is 7.05 Å². The van der Waals surface area contributed by atoms with Crippen LogP contribution >= 0.6 is 0 Å². The molecule has 0 amide bonds. The first-order valence-corrected chi connectivity index (χ1v) is 12.2. The molecular formula is C25H21FN6O2S. The van der Waals surface area contributed by atoms with Gasteiger partial charge in [0.2, 0.25) is 11.3 Å². The van der Waals surface area contributed by atoms with Crippen LogP contribution in [-0.2, 0) is 23.9 Å². The lowest BCUT2D eigenvalue weighted by atomic mass is 10.0. The summed E-state index contributed by atoms with van der Waals surface area (Å²) in [7, 11) is 1.87. The van der Waals surface area contributed by atoms with E-state index in [4.69, 9.17) is 4.98 Å². The van der Waals surface area contributed by atoms with Crippen LogP contribution in [0.1, 0.15) is 18.5 Å². The number of hydrogen-bond donors (Lipinski definition) is 2. The Morgan fingerprint density at radius 3 is 2.63 bits per heavy atom. The van der Waals surface area contributed by atoms with Gasteiger partial charge in [0.05, 0.1) is 28.5 Å². The van der Waals surface area contributed by atoms with E-state index in [0.29, 0.717) is 35.5 Å². The summed E-state index contributed by atoms with van der Waals surface area (Å²) in [4.78, 5) is 9.41. The zero-order valence-electron chi connectivity index (χ0n) is 18.7. The molecule has 176 valence electrons. The van der Waals surface area contributed by atoms with Gasteiger partial charge < -0.3 is 0 Å². The van der Waals surface area contributed by atoms with Gasteiger partial charge in [0.1, 0.15) is 18.0 Å². The van der Waals surface area contributed by atoms with Crippen molar-refractivity contribution >= 4 is 22.3 Å². The predicted molar refractivity (Wildman–Crippen MR) is 131 cm³/mol. The van der Waals surface area contributed by atoms with Gasteiger partial charge in [0.15, 0.2) is 0 Å². The van der Waals surface area contributed by atoms with Crippen LogP contribution in [0.15, 0.2) is 73.3 Å². The van der Waals surface area contributed by atoms with E-state index in [2.05, 4.69) is 14.8 Å². The van der Waals surface area contributed by atoms with Crippen molar-refractivity contribution in [1.82, 2.24) is 29.0 Å². The number of fused-ring (bicyclic) bond motifs is 1. The molecule has 10 heteroatoms. The van der Waals surface area contributed by atoms with Crippen molar-refractivity contribution < 1.29 is 13.2 Å². The number of imidazole rings is 1. The second kappa shape index (κ2) is 8.19. The number of aryl methyl sites for hydroxylation is 1. The molecule has 3 aromatic heterocycles. The van der Waals surface area contributed by atoms with Crippen LogP contribution in [0.2, 0.25) is 0 Å². The molecule has 1 fully saturated rings. The molecular weight excluding hydrogens is 467 g/mol. The zero-order valence-corrected chi connectivity index (χ0v) is 19.5. The summed E-state index contributed by atoms with van der Waals surface area (Å²) in [5.74, 6) is 0.199. The molecule has 2 N–H and O–H groups in total. The first-order chi connectivity index (χ1) is 16.9. The Morgan fingerprint density at radius 1 is 1.09 bits per heavy atom. The molecule has 6 rings (SSSR count). The molecule has 0 aliphatic heterocycles. The minimum absolute atomic E-state index is 0.351. The minimum atomic E-state index is -2.20. The number of benzene rings is 2. The molecule has 1 aliphatic carbocycles. The van der Waals surface area contributed by atoms with Gasteiger partial charge in [-0.15, -0.1) is 0 Å². The number of halogens is 1. The fourth-order valence-corrected chi connectivity index (χ4v) is 5.03. The predicted octanol–water partition coefficient (Wildman–Crippen LogP) is 4.34. The lowest BCUT2D eigenvalue weighted by molar-refractivity contribution is 0.518. The normalized spacial score (nSPS) is 15.4. The number of nitrogens with zero attached hydrogens (tertiary/aromatic N) is 5. The minimum Gasteiger partial charge on any atom is -0.294 e. The van der Waals surface area contributed by atoms with Crippen LogP contribution in [-0.4, -0.2) is 33.1 Å². The van der Waals surface area contributed by atoms with Crippen LogP contribution in [0.5, 0.6) is 0 Å². The number of hydrogen-bond acceptors (Lipinski definition) is 4. The summed E-state index contributed by atoms with van der Waals surface area (Å²) in [5.41, 5.74) is 4.53. The molecule has 2 aromatic carbocycles. The van der Waals surface area contributed by atoms with E-state index in [1.807, 2.05) is 42.1 Å². The molecule has 0 radical (unpaired) electrons. The van der Waals surface area contributed by atoms with E-state index in [-0.39, 0.29) is 5.82 Å². The van der Waals surface area contributed by atoms with Crippen molar-refractivity contribution in [3.05, 3.63) is 84.8 Å². The summed E-state index contributed by atoms with van der Waals surface area (Å²) in [6, 6.07) is 16.1. The molecule has 1 unspecified atom stereocenters. The van der Waals surface area contributed by atoms with Gasteiger partial charge in [-0.2, -0.15) is 5.10 Å². The van der Waals surface area contributed by atoms with Gasteiger partial charge >= 0.3 is 0 Å². The zero-order chi connectivity index (χ0) is 24.2. The van der Waals surface area contributed by atoms with Crippen LogP contribution < -0.4 is 4.72 Å². The number of nitrogens with one attached hydrogen (secondary N) is 1. The molecule has 1 saturated carbocycles. The van der Waals surface area contributed by atoms with E-state index in [9.17, 15) is 13.2 Å². The van der Waals surface area contributed by atoms with E-state index in [1.165, 1.54) is 6.07 Å². The Morgan fingerprint density at radius 2 is 1.91 bits per heavy atom. The Bertz CT molecular complexity index is 1610.